The van der Waals surface area contributed by atoms with E-state index in [-0.39, 0.29) is 5.22 Å². The van der Waals surface area contributed by atoms with Gasteiger partial charge in [0, 0.05) is 16.8 Å². The average molecular weight is 226 g/mol. The van der Waals surface area contributed by atoms with Crippen LogP contribution in [0.2, 0.25) is 0 Å². The Balaban J connectivity index is 2.12. The summed E-state index contributed by atoms with van der Waals surface area (Å²) in [6.45, 7) is 3.24. The van der Waals surface area contributed by atoms with Crippen LogP contribution in [-0.4, -0.2) is 22.1 Å². The summed E-state index contributed by atoms with van der Waals surface area (Å²) in [7, 11) is 1.14. The second kappa shape index (κ2) is 7.23. The number of hydrogen-bond acceptors (Lipinski definition) is 1. The van der Waals surface area contributed by atoms with Gasteiger partial charge in [-0.25, -0.2) is 0 Å². The summed E-state index contributed by atoms with van der Waals surface area (Å²) >= 11 is 0. The molecule has 15 heavy (non-hydrogen) atoms. The smallest absolute Gasteiger partial charge is 0.0655 e. The first-order valence-electron chi connectivity index (χ1n) is 6.58. The molecular weight excluding hydrogens is 200 g/mol. The molecule has 0 radical (unpaired) electrons. The van der Waals surface area contributed by atoms with E-state index < -0.39 is 0 Å². The van der Waals surface area contributed by atoms with Gasteiger partial charge in [0.25, 0.3) is 0 Å². The zero-order valence-corrected chi connectivity index (χ0v) is 12.4. The van der Waals surface area contributed by atoms with Crippen molar-refractivity contribution in [1.29, 1.82) is 0 Å². The molecule has 1 aliphatic rings. The largest absolute Gasteiger partial charge is 0.376 e. The Morgan fingerprint density at radius 2 is 2.13 bits per heavy atom. The lowest BCUT2D eigenvalue weighted by atomic mass is 10.1. The van der Waals surface area contributed by atoms with Gasteiger partial charge in [0.15, 0.2) is 0 Å². The van der Waals surface area contributed by atoms with E-state index in [1.165, 1.54) is 51.4 Å². The zero-order chi connectivity index (χ0) is 11.0. The third-order valence-corrected chi connectivity index (χ3v) is 4.32. The summed E-state index contributed by atoms with van der Waals surface area (Å²) < 4.78 is 5.87. The van der Waals surface area contributed by atoms with Gasteiger partial charge in [0.2, 0.25) is 0 Å². The molecule has 1 unspecified atom stereocenters. The molecule has 1 rings (SSSR count). The number of rotatable bonds is 6. The molecule has 0 bridgehead atoms. The molecule has 1 nitrogen and oxygen atoms in total. The Kier molecular flexibility index (Phi) is 6.26. The minimum Gasteiger partial charge on any atom is -0.376 e. The van der Waals surface area contributed by atoms with E-state index in [2.05, 4.69) is 19.1 Å². The fourth-order valence-corrected chi connectivity index (χ4v) is 2.90. The van der Waals surface area contributed by atoms with Gasteiger partial charge in [-0.3, -0.25) is 0 Å². The molecule has 1 heterocycles. The Morgan fingerprint density at radius 1 is 1.27 bits per heavy atom. The molecule has 0 amide bonds. The van der Waals surface area contributed by atoms with E-state index in [0.717, 1.165) is 16.8 Å². The highest BCUT2D eigenvalue weighted by molar-refractivity contribution is 6.16. The molecule has 0 N–H and O–H groups in total. The van der Waals surface area contributed by atoms with Crippen molar-refractivity contribution >= 4 is 10.2 Å². The lowest BCUT2D eigenvalue weighted by molar-refractivity contribution is 0.0152. The van der Waals surface area contributed by atoms with Gasteiger partial charge in [-0.05, 0) is 32.1 Å². The lowest BCUT2D eigenvalue weighted by Crippen LogP contribution is -2.34. The Labute approximate surface area is 97.7 Å². The number of allylic oxidation sites excluding steroid dienone is 1. The molecule has 1 aliphatic heterocycles. The third-order valence-electron chi connectivity index (χ3n) is 3.19. The monoisotopic (exact) mass is 226 g/mol. The Morgan fingerprint density at radius 3 is 2.80 bits per heavy atom. The molecule has 2 heteroatoms. The van der Waals surface area contributed by atoms with Crippen molar-refractivity contribution in [2.24, 2.45) is 0 Å². The Bertz CT molecular complexity index is 183. The summed E-state index contributed by atoms with van der Waals surface area (Å²) in [6.07, 6.45) is 15.3. The SMILES string of the molecule is CCCCCCC=CC1([SiH3])CCCCO1. The highest BCUT2D eigenvalue weighted by Crippen LogP contribution is 2.23. The van der Waals surface area contributed by atoms with Crippen molar-refractivity contribution in [1.82, 2.24) is 0 Å². The van der Waals surface area contributed by atoms with Crippen LogP contribution in [0, 0.1) is 0 Å². The standard InChI is InChI=1S/C13H26OSi/c1-2-3-4-5-6-7-10-13(15)11-8-9-12-14-13/h7,10H,2-6,8-9,11-12H2,1,15H3. The topological polar surface area (TPSA) is 9.23 Å². The second-order valence-electron chi connectivity index (χ2n) is 4.87. The van der Waals surface area contributed by atoms with E-state index >= 15 is 0 Å². The van der Waals surface area contributed by atoms with Gasteiger partial charge < -0.3 is 4.74 Å². The Hall–Kier alpha value is -0.0831. The number of unbranched alkanes of at least 4 members (excludes halogenated alkanes) is 4. The molecule has 0 spiro atoms. The molecule has 88 valence electrons. The first-order valence-corrected chi connectivity index (χ1v) is 7.58. The average Bonchev–Trinajstić information content (AvgIpc) is 2.24. The maximum atomic E-state index is 5.87. The molecule has 0 aliphatic carbocycles. The van der Waals surface area contributed by atoms with E-state index in [1.54, 1.807) is 0 Å². The fourth-order valence-electron chi connectivity index (χ4n) is 2.11. The molecule has 0 aromatic rings. The molecule has 0 aromatic heterocycles. The molecule has 0 aromatic carbocycles. The van der Waals surface area contributed by atoms with Crippen LogP contribution in [0.25, 0.3) is 0 Å². The fraction of sp³-hybridized carbons (Fsp3) is 0.846. The van der Waals surface area contributed by atoms with Crippen molar-refractivity contribution in [3.63, 3.8) is 0 Å². The lowest BCUT2D eigenvalue weighted by Gasteiger charge is -2.31. The molecule has 0 saturated carbocycles. The van der Waals surface area contributed by atoms with Crippen LogP contribution in [-0.2, 0) is 4.74 Å². The molecule has 1 saturated heterocycles. The van der Waals surface area contributed by atoms with Gasteiger partial charge in [-0.1, -0.05) is 38.3 Å². The van der Waals surface area contributed by atoms with Gasteiger partial charge in [0.1, 0.15) is 0 Å². The number of hydrogen-bond donors (Lipinski definition) is 0. The zero-order valence-electron chi connectivity index (χ0n) is 10.4. The quantitative estimate of drug-likeness (QED) is 0.384. The maximum absolute atomic E-state index is 5.87. The van der Waals surface area contributed by atoms with Crippen LogP contribution in [0.4, 0.5) is 0 Å². The second-order valence-corrected chi connectivity index (χ2v) is 6.56. The summed E-state index contributed by atoms with van der Waals surface area (Å²) in [4.78, 5) is 0. The summed E-state index contributed by atoms with van der Waals surface area (Å²) in [5.41, 5.74) is 0. The first kappa shape index (κ1) is 13.0. The van der Waals surface area contributed by atoms with Crippen molar-refractivity contribution in [2.45, 2.75) is 63.5 Å². The predicted molar refractivity (Wildman–Crippen MR) is 70.4 cm³/mol. The van der Waals surface area contributed by atoms with Gasteiger partial charge in [-0.15, -0.1) is 0 Å². The van der Waals surface area contributed by atoms with Crippen LogP contribution in [0.5, 0.6) is 0 Å². The first-order chi connectivity index (χ1) is 7.27. The van der Waals surface area contributed by atoms with Crippen LogP contribution >= 0.6 is 0 Å². The van der Waals surface area contributed by atoms with E-state index in [0.29, 0.717) is 0 Å². The number of ether oxygens (including phenoxy) is 1. The third kappa shape index (κ3) is 5.52. The minimum atomic E-state index is 0.184. The van der Waals surface area contributed by atoms with Crippen molar-refractivity contribution < 1.29 is 4.74 Å². The van der Waals surface area contributed by atoms with Crippen molar-refractivity contribution in [3.8, 4) is 0 Å². The minimum absolute atomic E-state index is 0.184. The van der Waals surface area contributed by atoms with Gasteiger partial charge in [0.05, 0.1) is 5.22 Å². The molecule has 1 fully saturated rings. The van der Waals surface area contributed by atoms with Crippen LogP contribution in [0.15, 0.2) is 12.2 Å². The van der Waals surface area contributed by atoms with E-state index in [4.69, 9.17) is 4.74 Å². The van der Waals surface area contributed by atoms with Gasteiger partial charge in [-0.2, -0.15) is 0 Å². The van der Waals surface area contributed by atoms with E-state index in [9.17, 15) is 0 Å². The summed E-state index contributed by atoms with van der Waals surface area (Å²) in [5.74, 6) is 0. The highest BCUT2D eigenvalue weighted by atomic mass is 28.1. The molecular formula is C13H26OSi. The summed E-state index contributed by atoms with van der Waals surface area (Å²) in [6, 6.07) is 0. The van der Waals surface area contributed by atoms with Crippen LogP contribution < -0.4 is 0 Å². The highest BCUT2D eigenvalue weighted by Gasteiger charge is 2.23. The normalized spacial score (nSPS) is 27.5. The van der Waals surface area contributed by atoms with Crippen LogP contribution in [0.1, 0.15) is 58.3 Å². The predicted octanol–water partition coefficient (Wildman–Crippen LogP) is 2.78. The maximum Gasteiger partial charge on any atom is 0.0655 e. The van der Waals surface area contributed by atoms with Crippen molar-refractivity contribution in [3.05, 3.63) is 12.2 Å². The van der Waals surface area contributed by atoms with Crippen molar-refractivity contribution in [2.75, 3.05) is 6.61 Å². The van der Waals surface area contributed by atoms with E-state index in [1.807, 2.05) is 0 Å². The van der Waals surface area contributed by atoms with Crippen LogP contribution in [0.3, 0.4) is 0 Å². The molecule has 1 atom stereocenters. The summed E-state index contributed by atoms with van der Waals surface area (Å²) in [5, 5.41) is 0.184. The van der Waals surface area contributed by atoms with Gasteiger partial charge >= 0.3 is 0 Å².